The van der Waals surface area contributed by atoms with Crippen molar-refractivity contribution in [3.05, 3.63) is 11.3 Å². The van der Waals surface area contributed by atoms with E-state index in [4.69, 9.17) is 9.16 Å². The lowest BCUT2D eigenvalue weighted by Crippen LogP contribution is -2.32. The highest BCUT2D eigenvalue weighted by Crippen LogP contribution is 2.35. The van der Waals surface area contributed by atoms with Gasteiger partial charge in [-0.05, 0) is 46.0 Å². The molecule has 3 nitrogen and oxygen atoms in total. The maximum Gasteiger partial charge on any atom is 0.306 e. The van der Waals surface area contributed by atoms with E-state index < -0.39 is 8.32 Å². The Balaban J connectivity index is 5.02. The number of ether oxygens (including phenoxy) is 1. The molecule has 0 aliphatic carbocycles. The Hall–Kier alpha value is -0.773. The third kappa shape index (κ3) is 6.24. The van der Waals surface area contributed by atoms with Crippen LogP contribution in [0.5, 0.6) is 0 Å². The van der Waals surface area contributed by atoms with Crippen LogP contribution >= 0.6 is 0 Å². The van der Waals surface area contributed by atoms with E-state index in [2.05, 4.69) is 19.6 Å². The summed E-state index contributed by atoms with van der Waals surface area (Å²) in [6.45, 7) is 16.8. The first kappa shape index (κ1) is 17.2. The molecule has 0 aliphatic heterocycles. The molecule has 4 heteroatoms. The quantitative estimate of drug-likeness (QED) is 0.415. The molecule has 0 rings (SSSR count). The van der Waals surface area contributed by atoms with Crippen LogP contribution in [0.25, 0.3) is 0 Å². The number of carbonyl (C=O) groups is 1. The van der Waals surface area contributed by atoms with Crippen LogP contribution in [0.1, 0.15) is 41.0 Å². The van der Waals surface area contributed by atoms with Crippen LogP contribution in [-0.4, -0.2) is 20.9 Å². The molecule has 0 saturated carbocycles. The molecule has 106 valence electrons. The SMILES string of the molecule is CCOC(=O)CC(C)(C)C(O[Si](C)(C)C)=C(C)C. The first-order valence-electron chi connectivity index (χ1n) is 6.52. The minimum Gasteiger partial charge on any atom is -0.547 e. The molecule has 0 fully saturated rings. The van der Waals surface area contributed by atoms with Gasteiger partial charge in [-0.1, -0.05) is 13.8 Å². The highest BCUT2D eigenvalue weighted by Gasteiger charge is 2.32. The van der Waals surface area contributed by atoms with E-state index in [1.807, 2.05) is 34.6 Å². The monoisotopic (exact) mass is 272 g/mol. The van der Waals surface area contributed by atoms with Crippen LogP contribution in [0.15, 0.2) is 11.3 Å². The summed E-state index contributed by atoms with van der Waals surface area (Å²) >= 11 is 0. The van der Waals surface area contributed by atoms with Gasteiger partial charge in [0.05, 0.1) is 18.8 Å². The lowest BCUT2D eigenvalue weighted by molar-refractivity contribution is -0.145. The Morgan fingerprint density at radius 1 is 1.17 bits per heavy atom. The fourth-order valence-electron chi connectivity index (χ4n) is 1.88. The van der Waals surface area contributed by atoms with E-state index in [0.717, 1.165) is 11.3 Å². The summed E-state index contributed by atoms with van der Waals surface area (Å²) in [5.74, 6) is 0.773. The maximum atomic E-state index is 11.7. The molecule has 0 amide bonds. The second-order valence-corrected chi connectivity index (χ2v) is 10.8. The standard InChI is InChI=1S/C14H28O3Si/c1-9-16-12(15)10-14(4,5)13(11(2)3)17-18(6,7)8/h9-10H2,1-8H3. The molecular formula is C14H28O3Si. The Labute approximate surface area is 113 Å². The third-order valence-electron chi connectivity index (χ3n) is 2.37. The van der Waals surface area contributed by atoms with E-state index in [9.17, 15) is 4.79 Å². The summed E-state index contributed by atoms with van der Waals surface area (Å²) in [5.41, 5.74) is 0.817. The molecule has 18 heavy (non-hydrogen) atoms. The van der Waals surface area contributed by atoms with Crippen LogP contribution in [0.2, 0.25) is 19.6 Å². The second-order valence-electron chi connectivity index (χ2n) is 6.41. The molecule has 0 radical (unpaired) electrons. The predicted molar refractivity (Wildman–Crippen MR) is 77.8 cm³/mol. The second kappa shape index (κ2) is 6.41. The molecule has 0 unspecified atom stereocenters. The van der Waals surface area contributed by atoms with Crippen LogP contribution in [-0.2, 0) is 14.0 Å². The van der Waals surface area contributed by atoms with Gasteiger partial charge in [-0.25, -0.2) is 0 Å². The lowest BCUT2D eigenvalue weighted by atomic mass is 9.85. The van der Waals surface area contributed by atoms with Gasteiger partial charge >= 0.3 is 5.97 Å². The number of hydrogen-bond acceptors (Lipinski definition) is 3. The van der Waals surface area contributed by atoms with Crippen molar-refractivity contribution >= 4 is 14.3 Å². The van der Waals surface area contributed by atoms with E-state index >= 15 is 0 Å². The molecule has 0 aromatic carbocycles. The third-order valence-corrected chi connectivity index (χ3v) is 3.19. The summed E-state index contributed by atoms with van der Waals surface area (Å²) in [6, 6.07) is 0. The molecule has 0 aliphatic rings. The Morgan fingerprint density at radius 2 is 1.67 bits per heavy atom. The van der Waals surface area contributed by atoms with Crippen molar-refractivity contribution in [3.8, 4) is 0 Å². The Kier molecular flexibility index (Phi) is 6.13. The molecule has 0 aromatic heterocycles. The zero-order chi connectivity index (χ0) is 14.6. The first-order valence-corrected chi connectivity index (χ1v) is 9.93. The molecule has 0 bridgehead atoms. The lowest BCUT2D eigenvalue weighted by Gasteiger charge is -2.33. The van der Waals surface area contributed by atoms with Crippen molar-refractivity contribution in [2.45, 2.75) is 60.7 Å². The Bertz CT molecular complexity index is 320. The zero-order valence-electron chi connectivity index (χ0n) is 13.1. The average Bonchev–Trinajstić information content (AvgIpc) is 2.11. The number of rotatable bonds is 6. The van der Waals surface area contributed by atoms with Crippen LogP contribution in [0, 0.1) is 5.41 Å². The summed E-state index contributed by atoms with van der Waals surface area (Å²) in [7, 11) is -1.67. The number of allylic oxidation sites excluding steroid dienone is 2. The van der Waals surface area contributed by atoms with Gasteiger partial charge in [0.15, 0.2) is 0 Å². The topological polar surface area (TPSA) is 35.5 Å². The van der Waals surface area contributed by atoms with Crippen LogP contribution in [0.3, 0.4) is 0 Å². The fourth-order valence-corrected chi connectivity index (χ4v) is 2.97. The van der Waals surface area contributed by atoms with Crippen molar-refractivity contribution in [3.63, 3.8) is 0 Å². The minimum atomic E-state index is -1.67. The first-order chi connectivity index (χ1) is 7.99. The Morgan fingerprint density at radius 3 is 2.00 bits per heavy atom. The van der Waals surface area contributed by atoms with Gasteiger partial charge in [0.25, 0.3) is 0 Å². The van der Waals surface area contributed by atoms with Crippen molar-refractivity contribution in [2.75, 3.05) is 6.61 Å². The van der Waals surface area contributed by atoms with Gasteiger partial charge in [0.2, 0.25) is 8.32 Å². The van der Waals surface area contributed by atoms with Gasteiger partial charge in [0, 0.05) is 5.41 Å². The molecule has 0 spiro atoms. The van der Waals surface area contributed by atoms with Crippen LogP contribution in [0.4, 0.5) is 0 Å². The summed E-state index contributed by atoms with van der Waals surface area (Å²) in [5, 5.41) is 0. The normalized spacial score (nSPS) is 12.0. The highest BCUT2D eigenvalue weighted by molar-refractivity contribution is 6.70. The van der Waals surface area contributed by atoms with Crippen molar-refractivity contribution in [2.24, 2.45) is 5.41 Å². The molecule has 0 atom stereocenters. The number of esters is 1. The summed E-state index contributed by atoms with van der Waals surface area (Å²) < 4.78 is 11.2. The van der Waals surface area contributed by atoms with Gasteiger partial charge in [-0.3, -0.25) is 4.79 Å². The van der Waals surface area contributed by atoms with Crippen molar-refractivity contribution < 1.29 is 14.0 Å². The fraction of sp³-hybridized carbons (Fsp3) is 0.786. The van der Waals surface area contributed by atoms with Crippen LogP contribution < -0.4 is 0 Å². The molecular weight excluding hydrogens is 244 g/mol. The van der Waals surface area contributed by atoms with Crippen molar-refractivity contribution in [1.82, 2.24) is 0 Å². The molecule has 0 aromatic rings. The number of carbonyl (C=O) groups excluding carboxylic acids is 1. The van der Waals surface area contributed by atoms with E-state index in [0.29, 0.717) is 13.0 Å². The summed E-state index contributed by atoms with van der Waals surface area (Å²) in [4.78, 5) is 11.7. The number of hydrogen-bond donors (Lipinski definition) is 0. The zero-order valence-corrected chi connectivity index (χ0v) is 14.1. The van der Waals surface area contributed by atoms with Gasteiger partial charge in [0.1, 0.15) is 0 Å². The summed E-state index contributed by atoms with van der Waals surface area (Å²) in [6.07, 6.45) is 0.353. The highest BCUT2D eigenvalue weighted by atomic mass is 28.4. The van der Waals surface area contributed by atoms with Gasteiger partial charge in [-0.15, -0.1) is 0 Å². The minimum absolute atomic E-state index is 0.166. The smallest absolute Gasteiger partial charge is 0.306 e. The van der Waals surface area contributed by atoms with E-state index in [-0.39, 0.29) is 11.4 Å². The maximum absolute atomic E-state index is 11.7. The molecule has 0 N–H and O–H groups in total. The van der Waals surface area contributed by atoms with E-state index in [1.165, 1.54) is 0 Å². The predicted octanol–water partition coefficient (Wildman–Crippen LogP) is 4.11. The van der Waals surface area contributed by atoms with E-state index in [1.54, 1.807) is 0 Å². The molecule has 0 heterocycles. The van der Waals surface area contributed by atoms with Gasteiger partial charge in [-0.2, -0.15) is 0 Å². The van der Waals surface area contributed by atoms with Gasteiger partial charge < -0.3 is 9.16 Å². The largest absolute Gasteiger partial charge is 0.547 e. The molecule has 0 saturated heterocycles. The van der Waals surface area contributed by atoms with Crippen molar-refractivity contribution in [1.29, 1.82) is 0 Å². The average molecular weight is 272 g/mol.